The minimum Gasteiger partial charge on any atom is -0.304 e. The zero-order valence-electron chi connectivity index (χ0n) is 13.5. The third kappa shape index (κ3) is 2.55. The van der Waals surface area contributed by atoms with Crippen LogP contribution in [0, 0.1) is 13.8 Å². The Bertz CT molecular complexity index is 606. The summed E-state index contributed by atoms with van der Waals surface area (Å²) in [6, 6.07) is 5.48. The number of rotatable bonds is 2. The zero-order valence-corrected chi connectivity index (χ0v) is 13.5. The number of likely N-dealkylation sites (N-methyl/N-ethyl adjacent to an activating group) is 1. The van der Waals surface area contributed by atoms with Crippen molar-refractivity contribution < 1.29 is 9.59 Å². The molecule has 5 nitrogen and oxygen atoms in total. The second-order valence-corrected chi connectivity index (χ2v) is 6.35. The van der Waals surface area contributed by atoms with Crippen molar-refractivity contribution in [3.8, 4) is 0 Å². The second-order valence-electron chi connectivity index (χ2n) is 6.35. The summed E-state index contributed by atoms with van der Waals surface area (Å²) in [5, 5.41) is 0. The molecule has 0 radical (unpaired) electrons. The Balaban J connectivity index is 1.84. The van der Waals surface area contributed by atoms with Crippen LogP contribution in [0.4, 0.5) is 5.69 Å². The van der Waals surface area contributed by atoms with Gasteiger partial charge < -0.3 is 4.90 Å². The van der Waals surface area contributed by atoms with Crippen molar-refractivity contribution in [2.75, 3.05) is 38.1 Å². The lowest BCUT2D eigenvalue weighted by atomic mass is 10.1. The van der Waals surface area contributed by atoms with Gasteiger partial charge >= 0.3 is 0 Å². The van der Waals surface area contributed by atoms with Crippen LogP contribution >= 0.6 is 0 Å². The van der Waals surface area contributed by atoms with Crippen LogP contribution in [0.2, 0.25) is 0 Å². The van der Waals surface area contributed by atoms with Gasteiger partial charge in [0.25, 0.3) is 5.91 Å². The van der Waals surface area contributed by atoms with Crippen molar-refractivity contribution in [2.24, 2.45) is 0 Å². The van der Waals surface area contributed by atoms with Gasteiger partial charge in [0.15, 0.2) is 0 Å². The highest BCUT2D eigenvalue weighted by Crippen LogP contribution is 2.30. The lowest BCUT2D eigenvalue weighted by Gasteiger charge is -2.35. The lowest BCUT2D eigenvalue weighted by molar-refractivity contribution is -0.123. The largest absolute Gasteiger partial charge is 0.304 e. The van der Waals surface area contributed by atoms with Crippen LogP contribution in [-0.2, 0) is 9.59 Å². The van der Waals surface area contributed by atoms with Gasteiger partial charge in [0, 0.05) is 26.2 Å². The monoisotopic (exact) mass is 301 g/mol. The van der Waals surface area contributed by atoms with E-state index in [9.17, 15) is 9.59 Å². The number of hydrogen-bond acceptors (Lipinski definition) is 4. The first-order valence-electron chi connectivity index (χ1n) is 7.84. The highest BCUT2D eigenvalue weighted by Gasteiger charge is 2.43. The SMILES string of the molecule is Cc1cccc(N2C(=O)C[C@H](N3CCN(C)CC3)C2=O)c1C. The van der Waals surface area contributed by atoms with E-state index in [0.717, 1.165) is 43.0 Å². The average molecular weight is 301 g/mol. The van der Waals surface area contributed by atoms with Crippen LogP contribution in [0.1, 0.15) is 17.5 Å². The van der Waals surface area contributed by atoms with Crippen molar-refractivity contribution in [2.45, 2.75) is 26.3 Å². The summed E-state index contributed by atoms with van der Waals surface area (Å²) in [4.78, 5) is 31.0. The third-order valence-electron chi connectivity index (χ3n) is 4.92. The number of benzene rings is 1. The Kier molecular flexibility index (Phi) is 4.02. The Hall–Kier alpha value is -1.72. The van der Waals surface area contributed by atoms with Crippen LogP contribution in [-0.4, -0.2) is 60.9 Å². The smallest absolute Gasteiger partial charge is 0.251 e. The molecule has 2 aliphatic heterocycles. The number of anilines is 1. The lowest BCUT2D eigenvalue weighted by Crippen LogP contribution is -2.51. The van der Waals surface area contributed by atoms with Gasteiger partial charge in [-0.2, -0.15) is 0 Å². The molecule has 22 heavy (non-hydrogen) atoms. The Morgan fingerprint density at radius 1 is 1.05 bits per heavy atom. The first-order chi connectivity index (χ1) is 10.5. The summed E-state index contributed by atoms with van der Waals surface area (Å²) in [7, 11) is 2.08. The fourth-order valence-electron chi connectivity index (χ4n) is 3.27. The van der Waals surface area contributed by atoms with Crippen LogP contribution in [0.5, 0.6) is 0 Å². The highest BCUT2D eigenvalue weighted by molar-refractivity contribution is 6.22. The van der Waals surface area contributed by atoms with Crippen molar-refractivity contribution in [3.63, 3.8) is 0 Å². The molecule has 1 atom stereocenters. The summed E-state index contributed by atoms with van der Waals surface area (Å²) in [6.45, 7) is 7.56. The Morgan fingerprint density at radius 3 is 2.41 bits per heavy atom. The topological polar surface area (TPSA) is 43.9 Å². The number of nitrogens with zero attached hydrogens (tertiary/aromatic N) is 3. The number of imide groups is 1. The molecular weight excluding hydrogens is 278 g/mol. The molecule has 0 saturated carbocycles. The molecule has 1 aromatic rings. The molecule has 5 heteroatoms. The molecule has 3 rings (SSSR count). The molecule has 0 aromatic heterocycles. The minimum atomic E-state index is -0.291. The molecule has 0 N–H and O–H groups in total. The van der Waals surface area contributed by atoms with E-state index in [1.807, 2.05) is 32.0 Å². The van der Waals surface area contributed by atoms with Gasteiger partial charge in [-0.25, -0.2) is 4.90 Å². The number of amides is 2. The van der Waals surface area contributed by atoms with E-state index in [1.165, 1.54) is 4.90 Å². The Morgan fingerprint density at radius 2 is 1.73 bits per heavy atom. The zero-order chi connectivity index (χ0) is 15.9. The van der Waals surface area contributed by atoms with E-state index in [2.05, 4.69) is 16.8 Å². The van der Waals surface area contributed by atoms with Crippen LogP contribution < -0.4 is 4.90 Å². The molecule has 0 aliphatic carbocycles. The van der Waals surface area contributed by atoms with E-state index < -0.39 is 0 Å². The van der Waals surface area contributed by atoms with Crippen molar-refractivity contribution >= 4 is 17.5 Å². The number of carbonyl (C=O) groups excluding carboxylic acids is 2. The maximum atomic E-state index is 12.8. The summed E-state index contributed by atoms with van der Waals surface area (Å²) < 4.78 is 0. The van der Waals surface area contributed by atoms with E-state index in [-0.39, 0.29) is 17.9 Å². The molecule has 2 heterocycles. The standard InChI is InChI=1S/C17H23N3O2/c1-12-5-4-6-14(13(12)2)20-16(21)11-15(17(20)22)19-9-7-18(3)8-10-19/h4-6,15H,7-11H2,1-3H3/t15-/m0/s1. The van der Waals surface area contributed by atoms with Crippen LogP contribution in [0.3, 0.4) is 0 Å². The first-order valence-corrected chi connectivity index (χ1v) is 7.84. The van der Waals surface area contributed by atoms with E-state index >= 15 is 0 Å². The molecule has 0 spiro atoms. The van der Waals surface area contributed by atoms with Crippen molar-refractivity contribution in [3.05, 3.63) is 29.3 Å². The van der Waals surface area contributed by atoms with E-state index in [0.29, 0.717) is 6.42 Å². The summed E-state index contributed by atoms with van der Waals surface area (Å²) >= 11 is 0. The molecule has 2 saturated heterocycles. The summed E-state index contributed by atoms with van der Waals surface area (Å²) in [5.74, 6) is -0.147. The summed E-state index contributed by atoms with van der Waals surface area (Å²) in [6.07, 6.45) is 0.302. The van der Waals surface area contributed by atoms with Crippen LogP contribution in [0.15, 0.2) is 18.2 Å². The normalized spacial score (nSPS) is 24.3. The molecule has 2 amide bonds. The Labute approximate surface area is 131 Å². The predicted molar refractivity (Wildman–Crippen MR) is 85.9 cm³/mol. The van der Waals surface area contributed by atoms with Crippen molar-refractivity contribution in [1.82, 2.24) is 9.80 Å². The molecule has 0 bridgehead atoms. The van der Waals surface area contributed by atoms with Gasteiger partial charge in [-0.15, -0.1) is 0 Å². The van der Waals surface area contributed by atoms with E-state index in [4.69, 9.17) is 0 Å². The fraction of sp³-hybridized carbons (Fsp3) is 0.529. The van der Waals surface area contributed by atoms with Crippen LogP contribution in [0.25, 0.3) is 0 Å². The molecule has 2 aliphatic rings. The molecule has 118 valence electrons. The minimum absolute atomic E-state index is 0.0664. The summed E-state index contributed by atoms with van der Waals surface area (Å²) in [5.41, 5.74) is 2.84. The van der Waals surface area contributed by atoms with Gasteiger partial charge in [-0.3, -0.25) is 14.5 Å². The quantitative estimate of drug-likeness (QED) is 0.770. The fourth-order valence-corrected chi connectivity index (χ4v) is 3.27. The molecule has 1 aromatic carbocycles. The second kappa shape index (κ2) is 5.82. The maximum absolute atomic E-state index is 12.8. The molecular formula is C17H23N3O2. The van der Waals surface area contributed by atoms with Gasteiger partial charge in [-0.1, -0.05) is 12.1 Å². The third-order valence-corrected chi connectivity index (χ3v) is 4.92. The average Bonchev–Trinajstić information content (AvgIpc) is 2.78. The predicted octanol–water partition coefficient (Wildman–Crippen LogP) is 1.18. The van der Waals surface area contributed by atoms with Gasteiger partial charge in [-0.05, 0) is 38.1 Å². The number of piperazine rings is 1. The number of hydrogen-bond donors (Lipinski definition) is 0. The first kappa shape index (κ1) is 15.2. The van der Waals surface area contributed by atoms with Gasteiger partial charge in [0.2, 0.25) is 5.91 Å². The highest BCUT2D eigenvalue weighted by atomic mass is 16.2. The number of carbonyl (C=O) groups is 2. The molecule has 0 unspecified atom stereocenters. The van der Waals surface area contributed by atoms with Crippen molar-refractivity contribution in [1.29, 1.82) is 0 Å². The van der Waals surface area contributed by atoms with Gasteiger partial charge in [0.1, 0.15) is 0 Å². The molecule has 2 fully saturated rings. The van der Waals surface area contributed by atoms with Gasteiger partial charge in [0.05, 0.1) is 18.2 Å². The van der Waals surface area contributed by atoms with E-state index in [1.54, 1.807) is 0 Å². The number of aryl methyl sites for hydroxylation is 1. The maximum Gasteiger partial charge on any atom is 0.251 e.